The van der Waals surface area contributed by atoms with Crippen molar-refractivity contribution in [2.75, 3.05) is 19.7 Å². The van der Waals surface area contributed by atoms with E-state index >= 15 is 0 Å². The Morgan fingerprint density at radius 1 is 1.53 bits per heavy atom. The molecule has 1 aromatic rings. The van der Waals surface area contributed by atoms with E-state index in [1.54, 1.807) is 30.0 Å². The first-order chi connectivity index (χ1) is 8.08. The Labute approximate surface area is 101 Å². The van der Waals surface area contributed by atoms with Gasteiger partial charge in [-0.25, -0.2) is 0 Å². The topological polar surface area (TPSA) is 49.8 Å². The van der Waals surface area contributed by atoms with Crippen LogP contribution < -0.4 is 0 Å². The molecule has 0 radical (unpaired) electrons. The number of nitrogens with zero attached hydrogens (tertiary/aromatic N) is 1. The van der Waals surface area contributed by atoms with Crippen LogP contribution in [0, 0.1) is 6.92 Å². The molecule has 0 aromatic heterocycles. The maximum absolute atomic E-state index is 12.2. The summed E-state index contributed by atoms with van der Waals surface area (Å²) in [5.41, 5.74) is 1.34. The van der Waals surface area contributed by atoms with E-state index < -0.39 is 0 Å². The highest BCUT2D eigenvalue weighted by Gasteiger charge is 2.22. The predicted octanol–water partition coefficient (Wildman–Crippen LogP) is 1.56. The Hall–Kier alpha value is -1.55. The molecule has 1 aliphatic heterocycles. The molecule has 92 valence electrons. The molecule has 0 bridgehead atoms. The van der Waals surface area contributed by atoms with Crippen molar-refractivity contribution < 1.29 is 14.6 Å². The molecule has 1 aliphatic rings. The first kappa shape index (κ1) is 11.9. The van der Waals surface area contributed by atoms with Crippen molar-refractivity contribution in [2.24, 2.45) is 0 Å². The standard InChI is InChI=1S/C13H17NO3/c1-9-7-11(3-4-12(9)15)13(16)14-5-6-17-10(2)8-14/h3-4,7,10,15H,5-6,8H2,1-2H3. The smallest absolute Gasteiger partial charge is 0.254 e. The van der Waals surface area contributed by atoms with Crippen molar-refractivity contribution in [3.63, 3.8) is 0 Å². The van der Waals surface area contributed by atoms with E-state index in [4.69, 9.17) is 4.74 Å². The molecule has 1 fully saturated rings. The molecule has 4 nitrogen and oxygen atoms in total. The van der Waals surface area contributed by atoms with Crippen LogP contribution in [0.4, 0.5) is 0 Å². The quantitative estimate of drug-likeness (QED) is 0.803. The van der Waals surface area contributed by atoms with Crippen LogP contribution >= 0.6 is 0 Å². The van der Waals surface area contributed by atoms with Crippen molar-refractivity contribution >= 4 is 5.91 Å². The average Bonchev–Trinajstić information content (AvgIpc) is 2.32. The van der Waals surface area contributed by atoms with Gasteiger partial charge in [-0.3, -0.25) is 4.79 Å². The second kappa shape index (κ2) is 4.75. The zero-order valence-corrected chi connectivity index (χ0v) is 10.1. The molecule has 1 aromatic carbocycles. The number of phenolic OH excluding ortho intramolecular Hbond substituents is 1. The highest BCUT2D eigenvalue weighted by atomic mass is 16.5. The molecule has 0 saturated carbocycles. The molecule has 2 rings (SSSR count). The number of phenols is 1. The number of amides is 1. The number of hydrogen-bond acceptors (Lipinski definition) is 3. The normalized spacial score (nSPS) is 20.4. The van der Waals surface area contributed by atoms with E-state index in [-0.39, 0.29) is 17.8 Å². The number of aromatic hydroxyl groups is 1. The molecule has 4 heteroatoms. The average molecular weight is 235 g/mol. The van der Waals surface area contributed by atoms with Gasteiger partial charge in [-0.15, -0.1) is 0 Å². The van der Waals surface area contributed by atoms with Crippen molar-refractivity contribution in [3.05, 3.63) is 29.3 Å². The van der Waals surface area contributed by atoms with Gasteiger partial charge in [0.2, 0.25) is 0 Å². The Kier molecular flexibility index (Phi) is 3.33. The monoisotopic (exact) mass is 235 g/mol. The zero-order valence-electron chi connectivity index (χ0n) is 10.1. The second-order valence-corrected chi connectivity index (χ2v) is 4.43. The lowest BCUT2D eigenvalue weighted by molar-refractivity contribution is -0.0124. The van der Waals surface area contributed by atoms with Gasteiger partial charge in [0.15, 0.2) is 0 Å². The SMILES string of the molecule is Cc1cc(C(=O)N2CCOC(C)C2)ccc1O. The molecule has 1 heterocycles. The van der Waals surface area contributed by atoms with E-state index in [0.29, 0.717) is 25.3 Å². The Morgan fingerprint density at radius 3 is 2.94 bits per heavy atom. The number of hydrogen-bond donors (Lipinski definition) is 1. The maximum atomic E-state index is 12.2. The summed E-state index contributed by atoms with van der Waals surface area (Å²) in [7, 11) is 0. The van der Waals surface area contributed by atoms with Gasteiger partial charge in [0, 0.05) is 18.7 Å². The second-order valence-electron chi connectivity index (χ2n) is 4.43. The fraction of sp³-hybridized carbons (Fsp3) is 0.462. The van der Waals surface area contributed by atoms with Crippen molar-refractivity contribution in [2.45, 2.75) is 20.0 Å². The molecule has 0 spiro atoms. The minimum atomic E-state index is 0.00301. The fourth-order valence-electron chi connectivity index (χ4n) is 1.97. The van der Waals surface area contributed by atoms with Gasteiger partial charge >= 0.3 is 0 Å². The molecule has 1 N–H and O–H groups in total. The first-order valence-corrected chi connectivity index (χ1v) is 5.78. The van der Waals surface area contributed by atoms with Crippen LogP contribution in [0.2, 0.25) is 0 Å². The molecule has 1 atom stereocenters. The van der Waals surface area contributed by atoms with Crippen molar-refractivity contribution in [1.29, 1.82) is 0 Å². The minimum absolute atomic E-state index is 0.00301. The third-order valence-electron chi connectivity index (χ3n) is 2.97. The van der Waals surface area contributed by atoms with Crippen LogP contribution in [0.15, 0.2) is 18.2 Å². The lowest BCUT2D eigenvalue weighted by Crippen LogP contribution is -2.44. The third kappa shape index (κ3) is 2.58. The van der Waals surface area contributed by atoms with Gasteiger partial charge in [-0.05, 0) is 37.6 Å². The summed E-state index contributed by atoms with van der Waals surface area (Å²) in [4.78, 5) is 14.0. The van der Waals surface area contributed by atoms with Crippen LogP contribution in [0.5, 0.6) is 5.75 Å². The molecule has 1 saturated heterocycles. The van der Waals surface area contributed by atoms with E-state index in [1.807, 2.05) is 6.92 Å². The molecule has 1 amide bonds. The van der Waals surface area contributed by atoms with Crippen LogP contribution in [-0.2, 0) is 4.74 Å². The Balaban J connectivity index is 2.15. The first-order valence-electron chi connectivity index (χ1n) is 5.78. The summed E-state index contributed by atoms with van der Waals surface area (Å²) in [6.07, 6.45) is 0.0888. The highest BCUT2D eigenvalue weighted by molar-refractivity contribution is 5.94. The molecular formula is C13H17NO3. The van der Waals surface area contributed by atoms with Gasteiger partial charge in [-0.2, -0.15) is 0 Å². The molecule has 0 aliphatic carbocycles. The van der Waals surface area contributed by atoms with Gasteiger partial charge in [-0.1, -0.05) is 0 Å². The van der Waals surface area contributed by atoms with E-state index in [0.717, 1.165) is 5.56 Å². The number of carbonyl (C=O) groups excluding carboxylic acids is 1. The van der Waals surface area contributed by atoms with E-state index in [1.165, 1.54) is 0 Å². The van der Waals surface area contributed by atoms with Crippen LogP contribution in [0.25, 0.3) is 0 Å². The lowest BCUT2D eigenvalue weighted by atomic mass is 10.1. The zero-order chi connectivity index (χ0) is 12.4. The summed E-state index contributed by atoms with van der Waals surface area (Å²) in [6, 6.07) is 4.94. The molecule has 17 heavy (non-hydrogen) atoms. The van der Waals surface area contributed by atoms with Gasteiger partial charge in [0.05, 0.1) is 12.7 Å². The maximum Gasteiger partial charge on any atom is 0.254 e. The van der Waals surface area contributed by atoms with Crippen LogP contribution in [0.3, 0.4) is 0 Å². The predicted molar refractivity (Wildman–Crippen MR) is 64.2 cm³/mol. The Bertz CT molecular complexity index is 431. The van der Waals surface area contributed by atoms with Gasteiger partial charge < -0.3 is 14.7 Å². The summed E-state index contributed by atoms with van der Waals surface area (Å²) in [5, 5.41) is 9.43. The number of aryl methyl sites for hydroxylation is 1. The van der Waals surface area contributed by atoms with E-state index in [9.17, 15) is 9.90 Å². The Morgan fingerprint density at radius 2 is 2.29 bits per heavy atom. The van der Waals surface area contributed by atoms with Crippen LogP contribution in [-0.4, -0.2) is 41.7 Å². The highest BCUT2D eigenvalue weighted by Crippen LogP contribution is 2.19. The summed E-state index contributed by atoms with van der Waals surface area (Å²) in [6.45, 7) is 5.58. The van der Waals surface area contributed by atoms with Gasteiger partial charge in [0.1, 0.15) is 5.75 Å². The summed E-state index contributed by atoms with van der Waals surface area (Å²) >= 11 is 0. The number of benzene rings is 1. The van der Waals surface area contributed by atoms with Crippen molar-refractivity contribution in [3.8, 4) is 5.75 Å². The van der Waals surface area contributed by atoms with Crippen molar-refractivity contribution in [1.82, 2.24) is 4.90 Å². The largest absolute Gasteiger partial charge is 0.508 e. The lowest BCUT2D eigenvalue weighted by Gasteiger charge is -2.31. The molecule has 1 unspecified atom stereocenters. The van der Waals surface area contributed by atoms with Gasteiger partial charge in [0.25, 0.3) is 5.91 Å². The molecular weight excluding hydrogens is 218 g/mol. The number of ether oxygens (including phenoxy) is 1. The summed E-state index contributed by atoms with van der Waals surface area (Å²) < 4.78 is 5.40. The number of carbonyl (C=O) groups is 1. The number of morpholine rings is 1. The third-order valence-corrected chi connectivity index (χ3v) is 2.97. The van der Waals surface area contributed by atoms with E-state index in [2.05, 4.69) is 0 Å². The summed E-state index contributed by atoms with van der Waals surface area (Å²) in [5.74, 6) is 0.222. The fourth-order valence-corrected chi connectivity index (χ4v) is 1.97. The van der Waals surface area contributed by atoms with Crippen LogP contribution in [0.1, 0.15) is 22.8 Å². The minimum Gasteiger partial charge on any atom is -0.508 e. The number of rotatable bonds is 1.